The normalized spacial score (nSPS) is 11.2. The molecule has 3 aromatic heterocycles. The van der Waals surface area contributed by atoms with Gasteiger partial charge in [-0.25, -0.2) is 14.4 Å². The zero-order valence-corrected chi connectivity index (χ0v) is 16.5. The first kappa shape index (κ1) is 18.6. The van der Waals surface area contributed by atoms with E-state index in [2.05, 4.69) is 30.6 Å². The first-order valence-electron chi connectivity index (χ1n) is 8.46. The lowest BCUT2D eigenvalue weighted by Gasteiger charge is -2.03. The highest BCUT2D eigenvalue weighted by atomic mass is 32.2. The maximum absolute atomic E-state index is 12.9. The summed E-state index contributed by atoms with van der Waals surface area (Å²) >= 11 is 2.98. The maximum atomic E-state index is 12.9. The average Bonchev–Trinajstić information content (AvgIpc) is 3.33. The van der Waals surface area contributed by atoms with Gasteiger partial charge in [0.1, 0.15) is 12.1 Å². The number of aromatic nitrogens is 6. The zero-order valence-electron chi connectivity index (χ0n) is 14.8. The highest BCUT2D eigenvalue weighted by Gasteiger charge is 2.12. The summed E-state index contributed by atoms with van der Waals surface area (Å²) < 4.78 is 15.1. The van der Waals surface area contributed by atoms with E-state index in [9.17, 15) is 9.18 Å². The Morgan fingerprint density at radius 3 is 2.93 bits per heavy atom. The second-order valence-electron chi connectivity index (χ2n) is 5.96. The third-order valence-electron chi connectivity index (χ3n) is 4.07. The van der Waals surface area contributed by atoms with E-state index in [0.29, 0.717) is 40.9 Å². The van der Waals surface area contributed by atoms with Crippen molar-refractivity contribution in [3.8, 4) is 0 Å². The van der Waals surface area contributed by atoms with Crippen molar-refractivity contribution in [3.05, 3.63) is 63.6 Å². The minimum absolute atomic E-state index is 0.125. The van der Waals surface area contributed by atoms with Gasteiger partial charge in [0.05, 0.1) is 5.69 Å². The lowest BCUT2D eigenvalue weighted by Crippen LogP contribution is -2.22. The largest absolute Gasteiger partial charge is 0.356 e. The molecule has 0 radical (unpaired) electrons. The van der Waals surface area contributed by atoms with Gasteiger partial charge < -0.3 is 5.32 Å². The number of hydrogen-bond acceptors (Lipinski definition) is 8. The van der Waals surface area contributed by atoms with E-state index >= 15 is 0 Å². The standard InChI is InChI=1S/C17H16FN7OS2/c1-10-13(14(26)25-15(22-10)20-9-21-25)6-7-27-17-24-23-16(28-17)19-8-11-2-4-12(18)5-3-11/h2-5,9H,6-8H2,1H3,(H,19,23)(H,20,21,22). The third kappa shape index (κ3) is 4.04. The summed E-state index contributed by atoms with van der Waals surface area (Å²) in [4.78, 5) is 20.8. The molecule has 1 aromatic carbocycles. The molecule has 0 aliphatic carbocycles. The summed E-state index contributed by atoms with van der Waals surface area (Å²) in [5.41, 5.74) is 2.19. The van der Waals surface area contributed by atoms with Gasteiger partial charge in [-0.2, -0.15) is 4.52 Å². The van der Waals surface area contributed by atoms with E-state index in [4.69, 9.17) is 0 Å². The van der Waals surface area contributed by atoms with Gasteiger partial charge in [0.15, 0.2) is 4.34 Å². The van der Waals surface area contributed by atoms with Crippen molar-refractivity contribution in [1.82, 2.24) is 29.8 Å². The number of nitrogens with zero attached hydrogens (tertiary/aromatic N) is 5. The van der Waals surface area contributed by atoms with Crippen molar-refractivity contribution in [3.63, 3.8) is 0 Å². The lowest BCUT2D eigenvalue weighted by molar-refractivity contribution is 0.627. The number of hydrogen-bond donors (Lipinski definition) is 2. The maximum Gasteiger partial charge on any atom is 0.277 e. The number of anilines is 1. The van der Waals surface area contributed by atoms with Crippen molar-refractivity contribution in [2.45, 2.75) is 24.2 Å². The summed E-state index contributed by atoms with van der Waals surface area (Å²) in [6.07, 6.45) is 2.02. The molecule has 28 heavy (non-hydrogen) atoms. The van der Waals surface area contributed by atoms with Gasteiger partial charge in [-0.3, -0.25) is 9.89 Å². The predicted octanol–water partition coefficient (Wildman–Crippen LogP) is 2.66. The number of H-pyrrole nitrogens is 1. The SMILES string of the molecule is Cc1nc2nc[nH]n2c(=O)c1CCSc1nnc(NCc2ccc(F)cc2)s1. The Hall–Kier alpha value is -2.79. The van der Waals surface area contributed by atoms with E-state index in [1.54, 1.807) is 12.1 Å². The smallest absolute Gasteiger partial charge is 0.277 e. The Bertz CT molecular complexity index is 1150. The zero-order chi connectivity index (χ0) is 19.5. The Morgan fingerprint density at radius 2 is 2.11 bits per heavy atom. The van der Waals surface area contributed by atoms with Gasteiger partial charge in [-0.1, -0.05) is 35.2 Å². The van der Waals surface area contributed by atoms with Gasteiger partial charge in [-0.05, 0) is 31.0 Å². The third-order valence-corrected chi connectivity index (χ3v) is 6.09. The van der Waals surface area contributed by atoms with Crippen LogP contribution in [0.1, 0.15) is 16.8 Å². The summed E-state index contributed by atoms with van der Waals surface area (Å²) in [6.45, 7) is 2.36. The fourth-order valence-corrected chi connectivity index (χ4v) is 4.42. The second-order valence-corrected chi connectivity index (χ2v) is 8.27. The van der Waals surface area contributed by atoms with E-state index in [-0.39, 0.29) is 11.4 Å². The van der Waals surface area contributed by atoms with Crippen molar-refractivity contribution in [1.29, 1.82) is 0 Å². The first-order valence-corrected chi connectivity index (χ1v) is 10.3. The summed E-state index contributed by atoms with van der Waals surface area (Å²) in [5.74, 6) is 0.805. The number of benzene rings is 1. The van der Waals surface area contributed by atoms with Crippen LogP contribution in [-0.4, -0.2) is 35.5 Å². The van der Waals surface area contributed by atoms with E-state index < -0.39 is 0 Å². The Kier molecular flexibility index (Phi) is 5.35. The second kappa shape index (κ2) is 8.07. The highest BCUT2D eigenvalue weighted by Crippen LogP contribution is 2.26. The molecule has 0 aliphatic rings. The fourth-order valence-electron chi connectivity index (χ4n) is 2.64. The summed E-state index contributed by atoms with van der Waals surface area (Å²) in [5, 5.41) is 14.9. The fraction of sp³-hybridized carbons (Fsp3) is 0.235. The van der Waals surface area contributed by atoms with Crippen LogP contribution in [0, 0.1) is 12.7 Å². The van der Waals surface area contributed by atoms with Gasteiger partial charge in [-0.15, -0.1) is 10.2 Å². The molecule has 4 aromatic rings. The number of thioether (sulfide) groups is 1. The lowest BCUT2D eigenvalue weighted by atomic mass is 10.2. The number of nitrogens with one attached hydrogen (secondary N) is 2. The highest BCUT2D eigenvalue weighted by molar-refractivity contribution is 8.01. The van der Waals surface area contributed by atoms with Gasteiger partial charge in [0, 0.05) is 17.9 Å². The number of aromatic amines is 1. The summed E-state index contributed by atoms with van der Waals surface area (Å²) in [6, 6.07) is 6.31. The molecular weight excluding hydrogens is 401 g/mol. The molecule has 4 rings (SSSR count). The number of rotatable bonds is 7. The number of halogens is 1. The number of aryl methyl sites for hydroxylation is 1. The molecule has 8 nitrogen and oxygen atoms in total. The molecule has 0 saturated carbocycles. The monoisotopic (exact) mass is 417 g/mol. The van der Waals surface area contributed by atoms with Crippen LogP contribution in [0.2, 0.25) is 0 Å². The van der Waals surface area contributed by atoms with E-state index in [0.717, 1.165) is 9.90 Å². The van der Waals surface area contributed by atoms with Crippen LogP contribution < -0.4 is 10.9 Å². The Morgan fingerprint density at radius 1 is 1.29 bits per heavy atom. The van der Waals surface area contributed by atoms with Crippen molar-refractivity contribution in [2.75, 3.05) is 11.1 Å². The van der Waals surface area contributed by atoms with Gasteiger partial charge >= 0.3 is 0 Å². The molecule has 0 amide bonds. The van der Waals surface area contributed by atoms with Crippen LogP contribution in [-0.2, 0) is 13.0 Å². The van der Waals surface area contributed by atoms with Crippen LogP contribution in [0.4, 0.5) is 9.52 Å². The molecule has 0 atom stereocenters. The molecule has 144 valence electrons. The summed E-state index contributed by atoms with van der Waals surface area (Å²) in [7, 11) is 0. The van der Waals surface area contributed by atoms with Gasteiger partial charge in [0.25, 0.3) is 11.3 Å². The molecule has 3 heterocycles. The minimum Gasteiger partial charge on any atom is -0.356 e. The van der Waals surface area contributed by atoms with Crippen molar-refractivity contribution < 1.29 is 4.39 Å². The molecule has 2 N–H and O–H groups in total. The van der Waals surface area contributed by atoms with Crippen LogP contribution in [0.15, 0.2) is 39.7 Å². The molecule has 0 fully saturated rings. The molecular formula is C17H16FN7OS2. The molecule has 11 heteroatoms. The first-order chi connectivity index (χ1) is 13.6. The Balaban J connectivity index is 1.33. The average molecular weight is 417 g/mol. The van der Waals surface area contributed by atoms with E-state index in [1.807, 2.05) is 6.92 Å². The van der Waals surface area contributed by atoms with Crippen molar-refractivity contribution in [2.24, 2.45) is 0 Å². The molecule has 0 unspecified atom stereocenters. The molecule has 0 bridgehead atoms. The van der Waals surface area contributed by atoms with Crippen LogP contribution >= 0.6 is 23.1 Å². The van der Waals surface area contributed by atoms with Crippen molar-refractivity contribution >= 4 is 34.0 Å². The molecule has 0 aliphatic heterocycles. The van der Waals surface area contributed by atoms with Crippen LogP contribution in [0.3, 0.4) is 0 Å². The minimum atomic E-state index is -0.255. The van der Waals surface area contributed by atoms with Gasteiger partial charge in [0.2, 0.25) is 5.13 Å². The molecule has 0 saturated heterocycles. The number of fused-ring (bicyclic) bond motifs is 1. The van der Waals surface area contributed by atoms with E-state index in [1.165, 1.54) is 46.1 Å². The van der Waals surface area contributed by atoms with Crippen LogP contribution in [0.5, 0.6) is 0 Å². The molecule has 0 spiro atoms. The van der Waals surface area contributed by atoms with Crippen LogP contribution in [0.25, 0.3) is 5.78 Å². The predicted molar refractivity (Wildman–Crippen MR) is 106 cm³/mol. The Labute approximate surface area is 167 Å². The quantitative estimate of drug-likeness (QED) is 0.446. The topological polar surface area (TPSA) is 101 Å².